The maximum Gasteiger partial charge on any atom is 0.283 e. The number of phenols is 1. The Labute approximate surface area is 197 Å². The molecule has 0 aliphatic heterocycles. The van der Waals surface area contributed by atoms with Crippen LogP contribution in [0.3, 0.4) is 0 Å². The molecule has 0 spiro atoms. The van der Waals surface area contributed by atoms with E-state index in [4.69, 9.17) is 21.5 Å². The standard InChI is InChI=1S/C17H15F2N2P.C8H6N2O2/c18-17(19,22)14-6-4-12(5-7-14)11-21-9-8-15-13(10-20)2-1-3-16(15)21;9-4-6-3-5(8(10)12)1-2-7(6)11/h1-10,20H,11,22H2;1-3,11H,(H2,10,12). The van der Waals surface area contributed by atoms with Crippen LogP contribution in [0.15, 0.2) is 72.9 Å². The summed E-state index contributed by atoms with van der Waals surface area (Å²) in [6.07, 6.45) is 3.29. The van der Waals surface area contributed by atoms with Crippen molar-refractivity contribution >= 4 is 32.3 Å². The molecular formula is C25H21F2N4O2P. The highest BCUT2D eigenvalue weighted by Crippen LogP contribution is 2.34. The lowest BCUT2D eigenvalue weighted by Crippen LogP contribution is -2.10. The first-order valence-electron chi connectivity index (χ1n) is 10.0. The van der Waals surface area contributed by atoms with Crippen molar-refractivity contribution in [2.75, 3.05) is 0 Å². The number of carbonyl (C=O) groups excluding carboxylic acids is 1. The van der Waals surface area contributed by atoms with Gasteiger partial charge in [0.1, 0.15) is 11.8 Å². The molecule has 172 valence electrons. The number of aromatic nitrogens is 1. The van der Waals surface area contributed by atoms with Crippen molar-refractivity contribution in [3.05, 3.63) is 101 Å². The zero-order chi connectivity index (χ0) is 24.9. The van der Waals surface area contributed by atoms with Crippen molar-refractivity contribution in [3.63, 3.8) is 0 Å². The lowest BCUT2D eigenvalue weighted by molar-refractivity contribution is 0.0999. The first-order valence-corrected chi connectivity index (χ1v) is 10.6. The summed E-state index contributed by atoms with van der Waals surface area (Å²) in [6, 6.07) is 19.7. The number of primary amides is 1. The minimum absolute atomic E-state index is 0.00953. The van der Waals surface area contributed by atoms with Gasteiger partial charge in [-0.2, -0.15) is 14.0 Å². The van der Waals surface area contributed by atoms with Crippen LogP contribution in [-0.4, -0.2) is 21.8 Å². The largest absolute Gasteiger partial charge is 0.507 e. The average molecular weight is 478 g/mol. The Bertz CT molecular complexity index is 1390. The number of amides is 1. The smallest absolute Gasteiger partial charge is 0.283 e. The monoisotopic (exact) mass is 478 g/mol. The predicted molar refractivity (Wildman–Crippen MR) is 130 cm³/mol. The zero-order valence-electron chi connectivity index (χ0n) is 17.9. The highest BCUT2D eigenvalue weighted by molar-refractivity contribution is 7.17. The number of alkyl halides is 2. The Hall–Kier alpha value is -4.08. The molecule has 0 aliphatic carbocycles. The summed E-state index contributed by atoms with van der Waals surface area (Å²) in [5.74, 6) is -0.769. The van der Waals surface area contributed by atoms with Crippen molar-refractivity contribution in [2.45, 2.75) is 12.2 Å². The van der Waals surface area contributed by atoms with Gasteiger partial charge in [0.15, 0.2) is 0 Å². The van der Waals surface area contributed by atoms with Crippen molar-refractivity contribution in [1.82, 2.24) is 4.57 Å². The van der Waals surface area contributed by atoms with Gasteiger partial charge in [-0.25, -0.2) is 0 Å². The number of nitriles is 1. The fraction of sp³-hybridized carbons (Fsp3) is 0.0800. The fourth-order valence-corrected chi connectivity index (χ4v) is 3.51. The molecule has 0 bridgehead atoms. The van der Waals surface area contributed by atoms with E-state index in [2.05, 4.69) is 4.57 Å². The van der Waals surface area contributed by atoms with Crippen LogP contribution >= 0.6 is 9.24 Å². The van der Waals surface area contributed by atoms with Gasteiger partial charge in [0.05, 0.1) is 5.56 Å². The summed E-state index contributed by atoms with van der Waals surface area (Å²) < 4.78 is 28.4. The lowest BCUT2D eigenvalue weighted by atomic mass is 10.1. The quantitative estimate of drug-likeness (QED) is 0.278. The number of nitrogens with two attached hydrogens (primary N) is 1. The van der Waals surface area contributed by atoms with Crippen LogP contribution in [0.25, 0.3) is 10.9 Å². The summed E-state index contributed by atoms with van der Waals surface area (Å²) in [5.41, 5.74) is 5.17. The van der Waals surface area contributed by atoms with Crippen molar-refractivity contribution in [1.29, 1.82) is 10.7 Å². The normalized spacial score (nSPS) is 10.8. The van der Waals surface area contributed by atoms with E-state index in [1.165, 1.54) is 36.5 Å². The van der Waals surface area contributed by atoms with E-state index >= 15 is 0 Å². The molecule has 0 radical (unpaired) electrons. The predicted octanol–water partition coefficient (Wildman–Crippen LogP) is 4.97. The van der Waals surface area contributed by atoms with Crippen LogP contribution < -0.4 is 5.73 Å². The molecule has 0 saturated carbocycles. The first-order chi connectivity index (χ1) is 16.1. The van der Waals surface area contributed by atoms with E-state index in [0.29, 0.717) is 6.54 Å². The Kier molecular flexibility index (Phi) is 7.40. The highest BCUT2D eigenvalue weighted by Gasteiger charge is 2.23. The van der Waals surface area contributed by atoms with E-state index in [-0.39, 0.29) is 22.4 Å². The molecule has 6 nitrogen and oxygen atoms in total. The molecule has 4 rings (SSSR count). The Morgan fingerprint density at radius 3 is 2.47 bits per heavy atom. The highest BCUT2D eigenvalue weighted by atomic mass is 31.0. The molecule has 1 unspecified atom stereocenters. The third kappa shape index (κ3) is 5.64. The molecule has 9 heteroatoms. The summed E-state index contributed by atoms with van der Waals surface area (Å²) >= 11 is 0. The second-order valence-corrected chi connectivity index (χ2v) is 8.12. The minimum atomic E-state index is -2.89. The number of carbonyl (C=O) groups is 1. The molecule has 0 aliphatic rings. The summed E-state index contributed by atoms with van der Waals surface area (Å²) in [6.45, 7) is 0.605. The molecular weight excluding hydrogens is 457 g/mol. The van der Waals surface area contributed by atoms with Gasteiger partial charge in [0.25, 0.3) is 5.66 Å². The lowest BCUT2D eigenvalue weighted by Gasteiger charge is -2.11. The molecule has 34 heavy (non-hydrogen) atoms. The van der Waals surface area contributed by atoms with Gasteiger partial charge in [-0.15, -0.1) is 0 Å². The van der Waals surface area contributed by atoms with E-state index in [1.54, 1.807) is 27.4 Å². The number of rotatable bonds is 5. The number of aromatic hydroxyl groups is 1. The second kappa shape index (κ2) is 10.2. The number of hydrogen-bond donors (Lipinski definition) is 3. The maximum absolute atomic E-state index is 13.2. The molecule has 1 heterocycles. The minimum Gasteiger partial charge on any atom is -0.507 e. The van der Waals surface area contributed by atoms with Crippen LogP contribution in [0.4, 0.5) is 8.78 Å². The zero-order valence-corrected chi connectivity index (χ0v) is 19.0. The number of halogens is 2. The molecule has 0 saturated heterocycles. The fourth-order valence-electron chi connectivity index (χ4n) is 3.32. The van der Waals surface area contributed by atoms with Crippen LogP contribution in [0.1, 0.15) is 32.6 Å². The van der Waals surface area contributed by atoms with E-state index in [1.807, 2.05) is 30.5 Å². The average Bonchev–Trinajstić information content (AvgIpc) is 3.22. The van der Waals surface area contributed by atoms with Crippen LogP contribution in [0, 0.1) is 16.7 Å². The van der Waals surface area contributed by atoms with Gasteiger partial charge in [0.2, 0.25) is 5.91 Å². The first kappa shape index (κ1) is 24.6. The van der Waals surface area contributed by atoms with E-state index in [9.17, 15) is 13.6 Å². The van der Waals surface area contributed by atoms with Gasteiger partial charge in [-0.05, 0) is 35.9 Å². The molecule has 0 fully saturated rings. The number of fused-ring (bicyclic) bond motifs is 1. The Morgan fingerprint density at radius 2 is 1.88 bits per heavy atom. The number of nitrogens with zero attached hydrogens (tertiary/aromatic N) is 2. The summed E-state index contributed by atoms with van der Waals surface area (Å²) in [4.78, 5) is 10.6. The number of hydrogen-bond acceptors (Lipinski definition) is 4. The number of phenolic OH excluding ortho intramolecular Hbond substituents is 1. The molecule has 1 atom stereocenters. The van der Waals surface area contributed by atoms with E-state index < -0.39 is 11.6 Å². The van der Waals surface area contributed by atoms with Crippen LogP contribution in [-0.2, 0) is 12.2 Å². The van der Waals surface area contributed by atoms with Gasteiger partial charge in [-0.3, -0.25) is 4.79 Å². The topological polar surface area (TPSA) is 116 Å². The number of benzene rings is 3. The van der Waals surface area contributed by atoms with Crippen molar-refractivity contribution < 1.29 is 18.7 Å². The maximum atomic E-state index is 13.2. The Balaban J connectivity index is 0.000000229. The van der Waals surface area contributed by atoms with Gasteiger partial charge < -0.3 is 20.8 Å². The second-order valence-electron chi connectivity index (χ2n) is 7.40. The Morgan fingerprint density at radius 1 is 1.18 bits per heavy atom. The third-order valence-corrected chi connectivity index (χ3v) is 5.43. The SMILES string of the molecule is N#Cc1cc(C(N)=O)ccc1O.N=Cc1cccc2c1ccn2Cc1ccc(C(F)(F)P)cc1. The van der Waals surface area contributed by atoms with E-state index in [0.717, 1.165) is 22.0 Å². The molecule has 3 aromatic carbocycles. The van der Waals surface area contributed by atoms with Crippen LogP contribution in [0.5, 0.6) is 5.75 Å². The van der Waals surface area contributed by atoms with Gasteiger partial charge in [-0.1, -0.05) is 45.6 Å². The number of nitrogens with one attached hydrogen (secondary N) is 1. The molecule has 4 aromatic rings. The summed E-state index contributed by atoms with van der Waals surface area (Å²) in [7, 11) is 1.55. The molecule has 4 N–H and O–H groups in total. The van der Waals surface area contributed by atoms with Gasteiger partial charge >= 0.3 is 0 Å². The van der Waals surface area contributed by atoms with Crippen LogP contribution in [0.2, 0.25) is 0 Å². The van der Waals surface area contributed by atoms with Crippen molar-refractivity contribution in [2.24, 2.45) is 5.73 Å². The van der Waals surface area contributed by atoms with Crippen molar-refractivity contribution in [3.8, 4) is 11.8 Å². The molecule has 1 aromatic heterocycles. The van der Waals surface area contributed by atoms with Gasteiger partial charge in [0, 0.05) is 46.5 Å². The molecule has 1 amide bonds. The summed E-state index contributed by atoms with van der Waals surface area (Å²) in [5, 5.41) is 26.0. The third-order valence-electron chi connectivity index (χ3n) is 5.10.